The minimum atomic E-state index is -0.219. The van der Waals surface area contributed by atoms with E-state index in [1.54, 1.807) is 42.5 Å². The first-order chi connectivity index (χ1) is 11.5. The van der Waals surface area contributed by atoms with E-state index in [1.165, 1.54) is 0 Å². The van der Waals surface area contributed by atoms with Crippen LogP contribution in [0.25, 0.3) is 0 Å². The molecule has 1 unspecified atom stereocenters. The third-order valence-electron chi connectivity index (χ3n) is 3.84. The smallest absolute Gasteiger partial charge is 0.196 e. The van der Waals surface area contributed by atoms with E-state index in [1.807, 2.05) is 11.8 Å². The molecule has 140 valence electrons. The summed E-state index contributed by atoms with van der Waals surface area (Å²) in [6.45, 7) is 2.18. The van der Waals surface area contributed by atoms with Crippen LogP contribution in [0.1, 0.15) is 22.8 Å². The minimum Gasteiger partial charge on any atom is -0.327 e. The maximum absolute atomic E-state index is 13.0. The molecule has 9 heteroatoms. The summed E-state index contributed by atoms with van der Waals surface area (Å²) in [6.07, 6.45) is -0.219. The number of carbonyl (C=O) groups excluding carboxylic acids is 1. The molecule has 1 aliphatic heterocycles. The fraction of sp³-hybridized carbons (Fsp3) is 0.176. The first kappa shape index (κ1) is 22.9. The average molecular weight is 525 g/mol. The SMILES string of the molecule is Br.Br.CC1=NNC(CN)N1c1ccc(Cl)cc1C(=O)c1ccccc1Cl. The summed E-state index contributed by atoms with van der Waals surface area (Å²) in [5.74, 6) is 0.523. The van der Waals surface area contributed by atoms with Gasteiger partial charge in [-0.3, -0.25) is 10.2 Å². The topological polar surface area (TPSA) is 70.7 Å². The van der Waals surface area contributed by atoms with Crippen LogP contribution in [0.3, 0.4) is 0 Å². The Labute approximate surface area is 183 Å². The van der Waals surface area contributed by atoms with Crippen LogP contribution >= 0.6 is 57.2 Å². The summed E-state index contributed by atoms with van der Waals surface area (Å²) in [5.41, 5.74) is 10.3. The molecule has 5 nitrogen and oxygen atoms in total. The molecule has 0 amide bonds. The van der Waals surface area contributed by atoms with E-state index in [-0.39, 0.29) is 45.9 Å². The van der Waals surface area contributed by atoms with E-state index in [4.69, 9.17) is 28.9 Å². The first-order valence-electron chi connectivity index (χ1n) is 7.41. The molecule has 26 heavy (non-hydrogen) atoms. The van der Waals surface area contributed by atoms with Crippen LogP contribution in [0.4, 0.5) is 5.69 Å². The van der Waals surface area contributed by atoms with Crippen molar-refractivity contribution in [1.29, 1.82) is 0 Å². The Hall–Kier alpha value is -1.12. The summed E-state index contributed by atoms with van der Waals surface area (Å²) in [7, 11) is 0. The molecular weight excluding hydrogens is 507 g/mol. The zero-order valence-corrected chi connectivity index (χ0v) is 18.7. The second-order valence-electron chi connectivity index (χ2n) is 5.38. The molecule has 1 aliphatic rings. The van der Waals surface area contributed by atoms with Gasteiger partial charge in [0.05, 0.1) is 10.7 Å². The zero-order chi connectivity index (χ0) is 17.3. The van der Waals surface area contributed by atoms with Crippen LogP contribution < -0.4 is 16.1 Å². The van der Waals surface area contributed by atoms with Crippen molar-refractivity contribution in [3.05, 3.63) is 63.6 Å². The zero-order valence-electron chi connectivity index (χ0n) is 13.8. The number of hydrazone groups is 1. The predicted octanol–water partition coefficient (Wildman–Crippen LogP) is 4.41. The van der Waals surface area contributed by atoms with E-state index < -0.39 is 0 Å². The number of halogens is 4. The van der Waals surface area contributed by atoms with Crippen molar-refractivity contribution >= 4 is 74.5 Å². The molecule has 3 N–H and O–H groups in total. The molecule has 0 fully saturated rings. The van der Waals surface area contributed by atoms with Crippen molar-refractivity contribution < 1.29 is 4.79 Å². The minimum absolute atomic E-state index is 0. The molecule has 2 aromatic rings. The number of anilines is 1. The highest BCUT2D eigenvalue weighted by Gasteiger charge is 2.29. The molecular formula is C17H18Br2Cl2N4O. The lowest BCUT2D eigenvalue weighted by molar-refractivity contribution is 0.103. The number of benzene rings is 2. The maximum Gasteiger partial charge on any atom is 0.196 e. The van der Waals surface area contributed by atoms with Crippen molar-refractivity contribution in [2.24, 2.45) is 10.8 Å². The molecule has 0 aromatic heterocycles. The van der Waals surface area contributed by atoms with Gasteiger partial charge in [-0.15, -0.1) is 34.0 Å². The van der Waals surface area contributed by atoms with Crippen LogP contribution in [0, 0.1) is 0 Å². The number of amidine groups is 1. The van der Waals surface area contributed by atoms with Gasteiger partial charge in [0, 0.05) is 22.7 Å². The Kier molecular flexibility index (Phi) is 8.56. The lowest BCUT2D eigenvalue weighted by Gasteiger charge is -2.27. The normalized spacial score (nSPS) is 15.5. The lowest BCUT2D eigenvalue weighted by Crippen LogP contribution is -2.45. The molecule has 0 saturated carbocycles. The van der Waals surface area contributed by atoms with E-state index in [2.05, 4.69) is 10.5 Å². The number of nitrogens with zero attached hydrogens (tertiary/aromatic N) is 2. The second kappa shape index (κ2) is 9.71. The van der Waals surface area contributed by atoms with Crippen molar-refractivity contribution in [2.75, 3.05) is 11.4 Å². The highest BCUT2D eigenvalue weighted by atomic mass is 79.9. The van der Waals surface area contributed by atoms with Gasteiger partial charge in [-0.25, -0.2) is 0 Å². The number of ketones is 1. The Morgan fingerprint density at radius 1 is 1.19 bits per heavy atom. The van der Waals surface area contributed by atoms with Crippen LogP contribution in [0.15, 0.2) is 47.6 Å². The standard InChI is InChI=1S/C17H16Cl2N4O.2BrH/c1-10-21-22-16(9-20)23(10)15-7-6-11(18)8-13(15)17(24)12-4-2-3-5-14(12)19;;/h2-8,16,22H,9,20H2,1H3;2*1H. The highest BCUT2D eigenvalue weighted by molar-refractivity contribution is 8.93. The Balaban J connectivity index is 0.00000169. The summed E-state index contributed by atoms with van der Waals surface area (Å²) in [5, 5.41) is 5.07. The van der Waals surface area contributed by atoms with Gasteiger partial charge in [0.15, 0.2) is 5.78 Å². The number of hydrogen-bond acceptors (Lipinski definition) is 5. The molecule has 0 saturated heterocycles. The Bertz CT molecular complexity index is 832. The number of carbonyl (C=O) groups is 1. The molecule has 0 radical (unpaired) electrons. The van der Waals surface area contributed by atoms with E-state index in [9.17, 15) is 4.79 Å². The summed E-state index contributed by atoms with van der Waals surface area (Å²) in [6, 6.07) is 12.1. The molecule has 1 heterocycles. The first-order valence-corrected chi connectivity index (χ1v) is 8.16. The Morgan fingerprint density at radius 2 is 1.88 bits per heavy atom. The van der Waals surface area contributed by atoms with Crippen LogP contribution in [-0.2, 0) is 0 Å². The van der Waals surface area contributed by atoms with Crippen LogP contribution in [0.2, 0.25) is 10.0 Å². The fourth-order valence-electron chi connectivity index (χ4n) is 2.70. The number of rotatable bonds is 4. The average Bonchev–Trinajstić information content (AvgIpc) is 2.95. The fourth-order valence-corrected chi connectivity index (χ4v) is 3.09. The monoisotopic (exact) mass is 522 g/mol. The van der Waals surface area contributed by atoms with E-state index in [0.717, 1.165) is 5.84 Å². The second-order valence-corrected chi connectivity index (χ2v) is 6.22. The van der Waals surface area contributed by atoms with Gasteiger partial charge < -0.3 is 10.6 Å². The summed E-state index contributed by atoms with van der Waals surface area (Å²) in [4.78, 5) is 14.9. The van der Waals surface area contributed by atoms with Crippen molar-refractivity contribution in [1.82, 2.24) is 5.43 Å². The van der Waals surface area contributed by atoms with Gasteiger partial charge in [0.1, 0.15) is 12.0 Å². The molecule has 2 aromatic carbocycles. The number of nitrogens with one attached hydrogen (secondary N) is 1. The van der Waals surface area contributed by atoms with Crippen molar-refractivity contribution in [3.63, 3.8) is 0 Å². The lowest BCUT2D eigenvalue weighted by atomic mass is 10.0. The highest BCUT2D eigenvalue weighted by Crippen LogP contribution is 2.31. The quantitative estimate of drug-likeness (QED) is 0.581. The number of nitrogens with two attached hydrogens (primary N) is 1. The van der Waals surface area contributed by atoms with Crippen molar-refractivity contribution in [2.45, 2.75) is 13.1 Å². The van der Waals surface area contributed by atoms with Gasteiger partial charge in [0.25, 0.3) is 0 Å². The molecule has 0 bridgehead atoms. The third kappa shape index (κ3) is 4.40. The molecule has 1 atom stereocenters. The summed E-state index contributed by atoms with van der Waals surface area (Å²) < 4.78 is 0. The largest absolute Gasteiger partial charge is 0.327 e. The maximum atomic E-state index is 13.0. The van der Waals surface area contributed by atoms with Crippen LogP contribution in [-0.4, -0.2) is 24.3 Å². The third-order valence-corrected chi connectivity index (χ3v) is 4.40. The molecule has 3 rings (SSSR count). The number of hydrogen-bond donors (Lipinski definition) is 2. The Morgan fingerprint density at radius 3 is 2.54 bits per heavy atom. The van der Waals surface area contributed by atoms with Gasteiger partial charge >= 0.3 is 0 Å². The van der Waals surface area contributed by atoms with E-state index in [0.29, 0.717) is 33.4 Å². The van der Waals surface area contributed by atoms with Gasteiger partial charge in [-0.2, -0.15) is 5.10 Å². The summed E-state index contributed by atoms with van der Waals surface area (Å²) >= 11 is 12.3. The van der Waals surface area contributed by atoms with Gasteiger partial charge in [-0.1, -0.05) is 35.3 Å². The molecule has 0 aliphatic carbocycles. The molecule has 0 spiro atoms. The van der Waals surface area contributed by atoms with Gasteiger partial charge in [0.2, 0.25) is 0 Å². The van der Waals surface area contributed by atoms with Crippen molar-refractivity contribution in [3.8, 4) is 0 Å². The predicted molar refractivity (Wildman–Crippen MR) is 119 cm³/mol. The van der Waals surface area contributed by atoms with Crippen LogP contribution in [0.5, 0.6) is 0 Å². The van der Waals surface area contributed by atoms with Gasteiger partial charge in [-0.05, 0) is 37.3 Å². The van der Waals surface area contributed by atoms with E-state index >= 15 is 0 Å².